The maximum atomic E-state index is 12.8. The normalized spacial score (nSPS) is 15.4. The summed E-state index contributed by atoms with van der Waals surface area (Å²) in [5.74, 6) is 0.927. The highest BCUT2D eigenvalue weighted by molar-refractivity contribution is 9.10. The Morgan fingerprint density at radius 1 is 1.24 bits per heavy atom. The SMILES string of the molecule is Cc1cccc(C(=O)c2ccc3c(c2)C(C)(C)CO3)c1Br. The molecule has 0 saturated heterocycles. The van der Waals surface area contributed by atoms with Crippen molar-refractivity contribution in [1.82, 2.24) is 0 Å². The summed E-state index contributed by atoms with van der Waals surface area (Å²) >= 11 is 3.52. The van der Waals surface area contributed by atoms with E-state index in [4.69, 9.17) is 4.74 Å². The third-order valence-electron chi connectivity index (χ3n) is 4.00. The first kappa shape index (κ1) is 14.3. The zero-order valence-corrected chi connectivity index (χ0v) is 14.0. The van der Waals surface area contributed by atoms with Gasteiger partial charge in [-0.2, -0.15) is 0 Å². The smallest absolute Gasteiger partial charge is 0.194 e. The first-order valence-corrected chi connectivity index (χ1v) is 7.76. The average molecular weight is 345 g/mol. The summed E-state index contributed by atoms with van der Waals surface area (Å²) < 4.78 is 6.54. The molecule has 0 atom stereocenters. The average Bonchev–Trinajstić information content (AvgIpc) is 2.76. The van der Waals surface area contributed by atoms with Gasteiger partial charge in [0.25, 0.3) is 0 Å². The standard InChI is InChI=1S/C18H17BrO2/c1-11-5-4-6-13(16(11)19)17(20)12-7-8-15-14(9-12)18(2,3)10-21-15/h4-9H,10H2,1-3H3. The molecule has 0 fully saturated rings. The lowest BCUT2D eigenvalue weighted by Gasteiger charge is -2.16. The topological polar surface area (TPSA) is 26.3 Å². The Labute approximate surface area is 133 Å². The van der Waals surface area contributed by atoms with E-state index in [9.17, 15) is 4.79 Å². The second-order valence-corrected chi connectivity index (χ2v) is 6.94. The minimum Gasteiger partial charge on any atom is -0.492 e. The predicted molar refractivity (Wildman–Crippen MR) is 87.3 cm³/mol. The van der Waals surface area contributed by atoms with Crippen LogP contribution >= 0.6 is 15.9 Å². The van der Waals surface area contributed by atoms with Gasteiger partial charge in [-0.05, 0) is 52.7 Å². The van der Waals surface area contributed by atoms with Crippen molar-refractivity contribution in [2.24, 2.45) is 0 Å². The second kappa shape index (κ2) is 4.99. The molecule has 2 nitrogen and oxygen atoms in total. The quantitative estimate of drug-likeness (QED) is 0.740. The molecule has 2 aromatic carbocycles. The van der Waals surface area contributed by atoms with Crippen LogP contribution in [0, 0.1) is 6.92 Å². The molecule has 0 bridgehead atoms. The molecule has 0 aliphatic carbocycles. The van der Waals surface area contributed by atoms with Gasteiger partial charge in [-0.1, -0.05) is 26.0 Å². The second-order valence-electron chi connectivity index (χ2n) is 6.15. The molecule has 1 aliphatic rings. The molecule has 0 radical (unpaired) electrons. The first-order valence-electron chi connectivity index (χ1n) is 6.97. The highest BCUT2D eigenvalue weighted by atomic mass is 79.9. The largest absolute Gasteiger partial charge is 0.492 e. The van der Waals surface area contributed by atoms with Crippen LogP contribution in [0.25, 0.3) is 0 Å². The Morgan fingerprint density at radius 2 is 2.00 bits per heavy atom. The van der Waals surface area contributed by atoms with Gasteiger partial charge in [0, 0.05) is 26.6 Å². The molecular formula is C18H17BrO2. The summed E-state index contributed by atoms with van der Waals surface area (Å²) in [6, 6.07) is 11.5. The molecule has 0 N–H and O–H groups in total. The van der Waals surface area contributed by atoms with Gasteiger partial charge in [0.1, 0.15) is 5.75 Å². The number of aryl methyl sites for hydroxylation is 1. The van der Waals surface area contributed by atoms with Gasteiger partial charge in [-0.15, -0.1) is 0 Å². The number of ketones is 1. The highest BCUT2D eigenvalue weighted by Crippen LogP contribution is 2.39. The van der Waals surface area contributed by atoms with Crippen LogP contribution in [0.3, 0.4) is 0 Å². The van der Waals surface area contributed by atoms with Crippen LogP contribution in [0.1, 0.15) is 40.9 Å². The van der Waals surface area contributed by atoms with E-state index >= 15 is 0 Å². The van der Waals surface area contributed by atoms with Crippen LogP contribution in [0.4, 0.5) is 0 Å². The number of benzene rings is 2. The van der Waals surface area contributed by atoms with Crippen molar-refractivity contribution < 1.29 is 9.53 Å². The van der Waals surface area contributed by atoms with E-state index in [1.165, 1.54) is 0 Å². The Balaban J connectivity index is 2.06. The molecule has 0 amide bonds. The van der Waals surface area contributed by atoms with Crippen LogP contribution in [0.15, 0.2) is 40.9 Å². The summed E-state index contributed by atoms with van der Waals surface area (Å²) in [7, 11) is 0. The third kappa shape index (κ3) is 2.40. The minimum absolute atomic E-state index is 0.0380. The van der Waals surface area contributed by atoms with Gasteiger partial charge < -0.3 is 4.74 Å². The molecule has 2 aromatic rings. The van der Waals surface area contributed by atoms with Gasteiger partial charge in [0.15, 0.2) is 5.78 Å². The van der Waals surface area contributed by atoms with E-state index in [0.29, 0.717) is 17.7 Å². The number of carbonyl (C=O) groups excluding carboxylic acids is 1. The summed E-state index contributed by atoms with van der Waals surface area (Å²) in [6.07, 6.45) is 0. The lowest BCUT2D eigenvalue weighted by atomic mass is 9.85. The molecule has 108 valence electrons. The van der Waals surface area contributed by atoms with Crippen LogP contribution < -0.4 is 4.74 Å². The summed E-state index contributed by atoms with van der Waals surface area (Å²) in [5, 5.41) is 0. The zero-order chi connectivity index (χ0) is 15.2. The fraction of sp³-hybridized carbons (Fsp3) is 0.278. The van der Waals surface area contributed by atoms with E-state index in [2.05, 4.69) is 29.8 Å². The minimum atomic E-state index is -0.0462. The molecule has 21 heavy (non-hydrogen) atoms. The molecule has 0 unspecified atom stereocenters. The van der Waals surface area contributed by atoms with Crippen LogP contribution in [0.5, 0.6) is 5.75 Å². The van der Waals surface area contributed by atoms with Gasteiger partial charge in [0.05, 0.1) is 6.61 Å². The fourth-order valence-electron chi connectivity index (χ4n) is 2.64. The number of fused-ring (bicyclic) bond motifs is 1. The first-order chi connectivity index (χ1) is 9.90. The van der Waals surface area contributed by atoms with E-state index < -0.39 is 0 Å². The molecular weight excluding hydrogens is 328 g/mol. The number of hydrogen-bond donors (Lipinski definition) is 0. The maximum Gasteiger partial charge on any atom is 0.194 e. The Bertz CT molecular complexity index is 732. The van der Waals surface area contributed by atoms with Crippen molar-refractivity contribution in [2.45, 2.75) is 26.2 Å². The predicted octanol–water partition coefficient (Wildman–Crippen LogP) is 4.66. The lowest BCUT2D eigenvalue weighted by Crippen LogP contribution is -2.18. The van der Waals surface area contributed by atoms with Crippen molar-refractivity contribution in [1.29, 1.82) is 0 Å². The number of halogens is 1. The van der Waals surface area contributed by atoms with Crippen molar-refractivity contribution in [3.8, 4) is 5.75 Å². The Morgan fingerprint density at radius 3 is 2.76 bits per heavy atom. The zero-order valence-electron chi connectivity index (χ0n) is 12.4. The van der Waals surface area contributed by atoms with Crippen LogP contribution in [-0.4, -0.2) is 12.4 Å². The van der Waals surface area contributed by atoms with E-state index in [-0.39, 0.29) is 11.2 Å². The van der Waals surface area contributed by atoms with Crippen molar-refractivity contribution in [3.63, 3.8) is 0 Å². The molecule has 1 aliphatic heterocycles. The maximum absolute atomic E-state index is 12.8. The van der Waals surface area contributed by atoms with Gasteiger partial charge in [0.2, 0.25) is 0 Å². The molecule has 3 heteroatoms. The highest BCUT2D eigenvalue weighted by Gasteiger charge is 2.32. The number of carbonyl (C=O) groups is 1. The van der Waals surface area contributed by atoms with Gasteiger partial charge >= 0.3 is 0 Å². The van der Waals surface area contributed by atoms with Gasteiger partial charge in [-0.3, -0.25) is 4.79 Å². The molecule has 1 heterocycles. The number of rotatable bonds is 2. The van der Waals surface area contributed by atoms with Gasteiger partial charge in [-0.25, -0.2) is 0 Å². The fourth-order valence-corrected chi connectivity index (χ4v) is 3.08. The third-order valence-corrected chi connectivity index (χ3v) is 5.05. The Hall–Kier alpha value is -1.61. The number of ether oxygens (including phenoxy) is 1. The Kier molecular flexibility index (Phi) is 3.40. The summed E-state index contributed by atoms with van der Waals surface area (Å²) in [6.45, 7) is 6.92. The molecule has 0 aromatic heterocycles. The lowest BCUT2D eigenvalue weighted by molar-refractivity contribution is 0.103. The molecule has 0 spiro atoms. The summed E-state index contributed by atoms with van der Waals surface area (Å²) in [5.41, 5.74) is 3.53. The van der Waals surface area contributed by atoms with Crippen LogP contribution in [-0.2, 0) is 5.41 Å². The van der Waals surface area contributed by atoms with Crippen LogP contribution in [0.2, 0.25) is 0 Å². The van der Waals surface area contributed by atoms with E-state index in [1.807, 2.05) is 43.3 Å². The monoisotopic (exact) mass is 344 g/mol. The summed E-state index contributed by atoms with van der Waals surface area (Å²) in [4.78, 5) is 12.8. The molecule has 3 rings (SSSR count). The van der Waals surface area contributed by atoms with Crippen molar-refractivity contribution in [3.05, 3.63) is 63.1 Å². The van der Waals surface area contributed by atoms with Crippen molar-refractivity contribution in [2.75, 3.05) is 6.61 Å². The van der Waals surface area contributed by atoms with E-state index in [0.717, 1.165) is 21.3 Å². The number of hydrogen-bond acceptors (Lipinski definition) is 2. The van der Waals surface area contributed by atoms with Crippen molar-refractivity contribution >= 4 is 21.7 Å². The van der Waals surface area contributed by atoms with E-state index in [1.54, 1.807) is 0 Å². The molecule has 0 saturated carbocycles.